The third kappa shape index (κ3) is 4.24. The van der Waals surface area contributed by atoms with Crippen LogP contribution in [0.25, 0.3) is 0 Å². The van der Waals surface area contributed by atoms with Crippen molar-refractivity contribution in [3.05, 3.63) is 18.2 Å². The van der Waals surface area contributed by atoms with Crippen molar-refractivity contribution in [2.45, 2.75) is 54.6 Å². The van der Waals surface area contributed by atoms with Gasteiger partial charge in [-0.2, -0.15) is 4.31 Å². The zero-order chi connectivity index (χ0) is 21.5. The predicted molar refractivity (Wildman–Crippen MR) is 115 cm³/mol. The molecule has 0 unspecified atom stereocenters. The van der Waals surface area contributed by atoms with Gasteiger partial charge >= 0.3 is 5.97 Å². The molecule has 0 aromatic heterocycles. The van der Waals surface area contributed by atoms with Crippen LogP contribution in [0.2, 0.25) is 0 Å². The molecule has 0 spiro atoms. The topological polar surface area (TPSA) is 84.0 Å². The van der Waals surface area contributed by atoms with E-state index in [1.807, 2.05) is 6.07 Å². The minimum atomic E-state index is -3.69. The number of anilines is 1. The summed E-state index contributed by atoms with van der Waals surface area (Å²) in [7, 11) is -3.69. The van der Waals surface area contributed by atoms with Crippen molar-refractivity contribution in [1.82, 2.24) is 4.31 Å². The molecule has 3 aliphatic rings. The molecule has 9 heteroatoms. The monoisotopic (exact) mass is 452 g/mol. The highest BCUT2D eigenvalue weighted by Gasteiger charge is 2.38. The molecule has 2 heterocycles. The lowest BCUT2D eigenvalue weighted by Crippen LogP contribution is -2.41. The minimum absolute atomic E-state index is 0.0790. The number of hydrogen-bond acceptors (Lipinski definition) is 6. The third-order valence-corrected chi connectivity index (χ3v) is 8.94. The lowest BCUT2D eigenvalue weighted by atomic mass is 9.98. The summed E-state index contributed by atoms with van der Waals surface area (Å²) in [5.41, 5.74) is 0.706. The summed E-state index contributed by atoms with van der Waals surface area (Å²) in [6, 6.07) is 5.11. The van der Waals surface area contributed by atoms with Gasteiger partial charge in [-0.1, -0.05) is 6.92 Å². The first kappa shape index (κ1) is 21.6. The van der Waals surface area contributed by atoms with E-state index in [4.69, 9.17) is 4.74 Å². The SMILES string of the molecule is CCOC(=O)C1CCN(S(=O)(=O)c2ccc3c(c2)N(C(=O)C2CC2)C[C@H](C)S3)CC1. The molecule has 2 fully saturated rings. The molecule has 1 atom stereocenters. The standard InChI is InChI=1S/C21H28N2O5S2/c1-3-28-21(25)16-8-10-22(11-9-16)30(26,27)17-6-7-19-18(12-17)23(13-14(2)29-19)20(24)15-4-5-15/h6-7,12,14-16H,3-5,8-11,13H2,1-2H3/t14-/m0/s1. The number of fused-ring (bicyclic) bond motifs is 1. The maximum atomic E-state index is 13.3. The van der Waals surface area contributed by atoms with E-state index in [1.165, 1.54) is 4.31 Å². The summed E-state index contributed by atoms with van der Waals surface area (Å²) in [6.07, 6.45) is 2.75. The highest BCUT2D eigenvalue weighted by molar-refractivity contribution is 8.00. The largest absolute Gasteiger partial charge is 0.466 e. The zero-order valence-corrected chi connectivity index (χ0v) is 19.0. The van der Waals surface area contributed by atoms with Crippen molar-refractivity contribution in [2.75, 3.05) is 31.1 Å². The fourth-order valence-corrected chi connectivity index (χ4v) is 6.66. The Morgan fingerprint density at radius 1 is 1.13 bits per heavy atom. The molecule has 30 heavy (non-hydrogen) atoms. The number of piperidine rings is 1. The number of rotatable bonds is 5. The number of amides is 1. The summed E-state index contributed by atoms with van der Waals surface area (Å²) in [6.45, 7) is 5.36. The molecule has 1 aromatic rings. The Balaban J connectivity index is 1.55. The second-order valence-corrected chi connectivity index (χ2v) is 11.6. The molecule has 0 radical (unpaired) electrons. The van der Waals surface area contributed by atoms with E-state index in [0.717, 1.165) is 17.7 Å². The van der Waals surface area contributed by atoms with E-state index in [0.29, 0.717) is 44.8 Å². The fourth-order valence-electron chi connectivity index (χ4n) is 4.08. The van der Waals surface area contributed by atoms with Crippen LogP contribution in [0.3, 0.4) is 0 Å². The Labute approximate surface area is 182 Å². The Morgan fingerprint density at radius 3 is 2.47 bits per heavy atom. The van der Waals surface area contributed by atoms with Crippen molar-refractivity contribution >= 4 is 39.3 Å². The Bertz CT molecular complexity index is 937. The highest BCUT2D eigenvalue weighted by Crippen LogP contribution is 2.43. The predicted octanol–water partition coefficient (Wildman–Crippen LogP) is 2.89. The van der Waals surface area contributed by atoms with Gasteiger partial charge in [0.2, 0.25) is 15.9 Å². The van der Waals surface area contributed by atoms with E-state index in [9.17, 15) is 18.0 Å². The van der Waals surface area contributed by atoms with Crippen LogP contribution in [0.15, 0.2) is 28.0 Å². The maximum Gasteiger partial charge on any atom is 0.309 e. The molecular weight excluding hydrogens is 424 g/mol. The van der Waals surface area contributed by atoms with Crippen LogP contribution in [0.4, 0.5) is 5.69 Å². The summed E-state index contributed by atoms with van der Waals surface area (Å²) < 4.78 is 33.0. The molecule has 1 saturated carbocycles. The van der Waals surface area contributed by atoms with E-state index < -0.39 is 10.0 Å². The number of benzene rings is 1. The van der Waals surface area contributed by atoms with Gasteiger partial charge in [0.25, 0.3) is 0 Å². The number of sulfonamides is 1. The van der Waals surface area contributed by atoms with Crippen LogP contribution >= 0.6 is 11.8 Å². The number of ether oxygens (including phenoxy) is 1. The van der Waals surface area contributed by atoms with Crippen molar-refractivity contribution < 1.29 is 22.7 Å². The van der Waals surface area contributed by atoms with E-state index in [2.05, 4.69) is 6.92 Å². The molecule has 1 saturated heterocycles. The number of hydrogen-bond donors (Lipinski definition) is 0. The molecule has 7 nitrogen and oxygen atoms in total. The van der Waals surface area contributed by atoms with Crippen molar-refractivity contribution in [1.29, 1.82) is 0 Å². The molecule has 0 bridgehead atoms. The van der Waals surface area contributed by atoms with Gasteiger partial charge in [-0.25, -0.2) is 8.42 Å². The highest BCUT2D eigenvalue weighted by atomic mass is 32.2. The number of carbonyl (C=O) groups excluding carboxylic acids is 2. The first-order valence-electron chi connectivity index (χ1n) is 10.6. The molecular formula is C21H28N2O5S2. The first-order chi connectivity index (χ1) is 14.3. The molecule has 4 rings (SSSR count). The Morgan fingerprint density at radius 2 is 1.83 bits per heavy atom. The number of nitrogens with zero attached hydrogens (tertiary/aromatic N) is 2. The van der Waals surface area contributed by atoms with Gasteiger partial charge < -0.3 is 9.64 Å². The van der Waals surface area contributed by atoms with Gasteiger partial charge in [0.1, 0.15) is 0 Å². The normalized spacial score (nSPS) is 23.1. The summed E-state index contributed by atoms with van der Waals surface area (Å²) in [5.74, 6) is -0.309. The number of thioether (sulfide) groups is 1. The second kappa shape index (κ2) is 8.51. The second-order valence-electron chi connectivity index (χ2n) is 8.21. The summed E-state index contributed by atoms with van der Waals surface area (Å²) in [4.78, 5) is 27.7. The van der Waals surface area contributed by atoms with Gasteiger partial charge in [0, 0.05) is 35.7 Å². The van der Waals surface area contributed by atoms with Crippen LogP contribution in [-0.2, 0) is 24.3 Å². The van der Waals surface area contributed by atoms with E-state index >= 15 is 0 Å². The molecule has 2 aliphatic heterocycles. The quantitative estimate of drug-likeness (QED) is 0.639. The summed E-state index contributed by atoms with van der Waals surface area (Å²) >= 11 is 1.67. The lowest BCUT2D eigenvalue weighted by Gasteiger charge is -2.34. The van der Waals surface area contributed by atoms with Gasteiger partial charge in [-0.3, -0.25) is 9.59 Å². The van der Waals surface area contributed by atoms with Crippen LogP contribution in [0.5, 0.6) is 0 Å². The van der Waals surface area contributed by atoms with Crippen LogP contribution in [0, 0.1) is 11.8 Å². The smallest absolute Gasteiger partial charge is 0.309 e. The molecule has 164 valence electrons. The lowest BCUT2D eigenvalue weighted by molar-refractivity contribution is -0.149. The minimum Gasteiger partial charge on any atom is -0.466 e. The zero-order valence-electron chi connectivity index (χ0n) is 17.4. The number of esters is 1. The third-order valence-electron chi connectivity index (χ3n) is 5.89. The van der Waals surface area contributed by atoms with Crippen molar-refractivity contribution in [3.8, 4) is 0 Å². The molecule has 1 aromatic carbocycles. The average Bonchev–Trinajstić information content (AvgIpc) is 3.58. The van der Waals surface area contributed by atoms with Gasteiger partial charge in [0.15, 0.2) is 0 Å². The van der Waals surface area contributed by atoms with Crippen LogP contribution in [-0.4, -0.2) is 56.1 Å². The van der Waals surface area contributed by atoms with Gasteiger partial charge in [0.05, 0.1) is 23.1 Å². The van der Waals surface area contributed by atoms with Crippen LogP contribution < -0.4 is 4.90 Å². The van der Waals surface area contributed by atoms with Gasteiger partial charge in [-0.05, 0) is 50.8 Å². The summed E-state index contributed by atoms with van der Waals surface area (Å²) in [5, 5.41) is 0.268. The molecule has 0 N–H and O–H groups in total. The average molecular weight is 453 g/mol. The van der Waals surface area contributed by atoms with Crippen molar-refractivity contribution in [3.63, 3.8) is 0 Å². The Hall–Kier alpha value is -1.58. The van der Waals surface area contributed by atoms with E-state index in [-0.39, 0.29) is 33.9 Å². The molecule has 1 amide bonds. The van der Waals surface area contributed by atoms with Crippen LogP contribution in [0.1, 0.15) is 39.5 Å². The maximum absolute atomic E-state index is 13.3. The first-order valence-corrected chi connectivity index (χ1v) is 12.9. The fraction of sp³-hybridized carbons (Fsp3) is 0.619. The van der Waals surface area contributed by atoms with E-state index in [1.54, 1.807) is 35.7 Å². The number of carbonyl (C=O) groups is 2. The van der Waals surface area contributed by atoms with Crippen molar-refractivity contribution in [2.24, 2.45) is 11.8 Å². The molecule has 1 aliphatic carbocycles. The Kier molecular flexibility index (Phi) is 6.14. The van der Waals surface area contributed by atoms with Gasteiger partial charge in [-0.15, -0.1) is 11.8 Å².